The molecule has 0 unspecified atom stereocenters. The molecule has 1 amide bonds. The minimum Gasteiger partial charge on any atom is -0.302 e. The molecule has 0 N–H and O–H groups in total. The van der Waals surface area contributed by atoms with Crippen LogP contribution in [-0.2, 0) is 4.79 Å². The summed E-state index contributed by atoms with van der Waals surface area (Å²) < 4.78 is 0. The van der Waals surface area contributed by atoms with Crippen molar-refractivity contribution in [1.82, 2.24) is 0 Å². The number of amides is 1. The first kappa shape index (κ1) is 10.6. The van der Waals surface area contributed by atoms with E-state index in [9.17, 15) is 9.59 Å². The van der Waals surface area contributed by atoms with Gasteiger partial charge in [-0.2, -0.15) is 0 Å². The van der Waals surface area contributed by atoms with Gasteiger partial charge in [0, 0.05) is 11.9 Å². The van der Waals surface area contributed by atoms with Gasteiger partial charge in [0.05, 0.1) is 16.3 Å². The number of halogens is 2. The summed E-state index contributed by atoms with van der Waals surface area (Å²) in [5.41, 5.74) is 0.932. The molecule has 1 aliphatic heterocycles. The summed E-state index contributed by atoms with van der Waals surface area (Å²) in [6, 6.07) is 4.97. The average Bonchev–Trinajstić information content (AvgIpc) is 2.46. The maximum absolute atomic E-state index is 11.6. The smallest absolute Gasteiger partial charge is 0.299 e. The largest absolute Gasteiger partial charge is 0.302 e. The number of carbonyl (C=O) groups excluding carboxylic acids is 2. The molecule has 0 radical (unpaired) electrons. The Bertz CT molecular complexity index is 447. The number of fused-ring (bicyclic) bond motifs is 1. The van der Waals surface area contributed by atoms with Crippen molar-refractivity contribution in [3.63, 3.8) is 0 Å². The number of alkyl halides is 1. The summed E-state index contributed by atoms with van der Waals surface area (Å²) in [5.74, 6) is -0.981. The standard InChI is InChI=1S/C10H7BrClNO2/c11-4-5-13-8-6(9(14)10(13)15)2-1-3-7(8)12/h1-3H,4-5H2. The molecule has 0 fully saturated rings. The van der Waals surface area contributed by atoms with Crippen LogP contribution in [0.5, 0.6) is 0 Å². The van der Waals surface area contributed by atoms with Gasteiger partial charge in [-0.1, -0.05) is 33.6 Å². The molecule has 5 heteroatoms. The van der Waals surface area contributed by atoms with E-state index in [1.807, 2.05) is 0 Å². The van der Waals surface area contributed by atoms with Gasteiger partial charge in [0.25, 0.3) is 11.7 Å². The number of nitrogens with zero attached hydrogens (tertiary/aromatic N) is 1. The maximum Gasteiger partial charge on any atom is 0.299 e. The van der Waals surface area contributed by atoms with Gasteiger partial charge in [-0.15, -0.1) is 0 Å². The topological polar surface area (TPSA) is 37.4 Å². The summed E-state index contributed by atoms with van der Waals surface area (Å²) in [6.45, 7) is 0.446. The second-order valence-corrected chi connectivity index (χ2v) is 4.31. The molecule has 15 heavy (non-hydrogen) atoms. The summed E-state index contributed by atoms with van der Waals surface area (Å²) in [5, 5.41) is 1.05. The molecule has 1 heterocycles. The highest BCUT2D eigenvalue weighted by molar-refractivity contribution is 9.09. The lowest BCUT2D eigenvalue weighted by atomic mass is 10.1. The molecule has 0 atom stereocenters. The van der Waals surface area contributed by atoms with Crippen LogP contribution in [0.25, 0.3) is 0 Å². The van der Waals surface area contributed by atoms with Gasteiger partial charge in [-0.25, -0.2) is 0 Å². The number of para-hydroxylation sites is 1. The molecular formula is C10H7BrClNO2. The average molecular weight is 289 g/mol. The fraction of sp³-hybridized carbons (Fsp3) is 0.200. The summed E-state index contributed by atoms with van der Waals surface area (Å²) in [6.07, 6.45) is 0. The van der Waals surface area contributed by atoms with Gasteiger partial charge in [-0.3, -0.25) is 9.59 Å². The van der Waals surface area contributed by atoms with Gasteiger partial charge in [0.2, 0.25) is 0 Å². The molecule has 0 saturated heterocycles. The van der Waals surface area contributed by atoms with E-state index in [0.29, 0.717) is 28.1 Å². The third-order valence-corrected chi connectivity index (χ3v) is 2.91. The first-order valence-corrected chi connectivity index (χ1v) is 5.87. The predicted octanol–water partition coefficient (Wildman–Crippen LogP) is 2.26. The zero-order valence-corrected chi connectivity index (χ0v) is 10.0. The van der Waals surface area contributed by atoms with Crippen molar-refractivity contribution >= 4 is 44.9 Å². The van der Waals surface area contributed by atoms with E-state index >= 15 is 0 Å². The Balaban J connectivity index is 2.56. The Kier molecular flexibility index (Phi) is 2.80. The summed E-state index contributed by atoms with van der Waals surface area (Å²) in [7, 11) is 0. The second kappa shape index (κ2) is 3.94. The molecule has 0 saturated carbocycles. The van der Waals surface area contributed by atoms with E-state index in [1.54, 1.807) is 18.2 Å². The van der Waals surface area contributed by atoms with E-state index < -0.39 is 11.7 Å². The number of Topliss-reactive ketones (excluding diaryl/α,β-unsaturated/α-hetero) is 1. The zero-order valence-electron chi connectivity index (χ0n) is 7.67. The fourth-order valence-corrected chi connectivity index (χ4v) is 2.24. The molecule has 3 nitrogen and oxygen atoms in total. The van der Waals surface area contributed by atoms with Crippen LogP contribution in [0.3, 0.4) is 0 Å². The molecule has 1 aliphatic rings. The number of rotatable bonds is 2. The first-order chi connectivity index (χ1) is 7.16. The third kappa shape index (κ3) is 1.58. The highest BCUT2D eigenvalue weighted by Gasteiger charge is 2.36. The van der Waals surface area contributed by atoms with Crippen LogP contribution in [0.4, 0.5) is 5.69 Å². The number of ketones is 1. The van der Waals surface area contributed by atoms with Crippen LogP contribution >= 0.6 is 27.5 Å². The van der Waals surface area contributed by atoms with Crippen LogP contribution in [-0.4, -0.2) is 23.6 Å². The molecular weight excluding hydrogens is 281 g/mol. The Morgan fingerprint density at radius 1 is 1.33 bits per heavy atom. The van der Waals surface area contributed by atoms with E-state index in [1.165, 1.54) is 4.90 Å². The van der Waals surface area contributed by atoms with E-state index in [-0.39, 0.29) is 0 Å². The molecule has 0 spiro atoms. The Morgan fingerprint density at radius 3 is 2.73 bits per heavy atom. The van der Waals surface area contributed by atoms with Gasteiger partial charge in [0.15, 0.2) is 0 Å². The lowest BCUT2D eigenvalue weighted by Gasteiger charge is -2.15. The predicted molar refractivity (Wildman–Crippen MR) is 61.9 cm³/mol. The van der Waals surface area contributed by atoms with Gasteiger partial charge in [0.1, 0.15) is 0 Å². The molecule has 0 aliphatic carbocycles. The van der Waals surface area contributed by atoms with Crippen molar-refractivity contribution in [2.24, 2.45) is 0 Å². The Morgan fingerprint density at radius 2 is 2.07 bits per heavy atom. The lowest BCUT2D eigenvalue weighted by molar-refractivity contribution is -0.114. The minimum absolute atomic E-state index is 0.397. The quantitative estimate of drug-likeness (QED) is 0.618. The molecule has 0 aromatic heterocycles. The van der Waals surface area contributed by atoms with Crippen LogP contribution < -0.4 is 4.90 Å². The van der Waals surface area contributed by atoms with Crippen molar-refractivity contribution < 1.29 is 9.59 Å². The van der Waals surface area contributed by atoms with Crippen molar-refractivity contribution in [2.75, 3.05) is 16.8 Å². The number of hydrogen-bond acceptors (Lipinski definition) is 2. The second-order valence-electron chi connectivity index (χ2n) is 3.11. The summed E-state index contributed by atoms with van der Waals surface area (Å²) in [4.78, 5) is 24.6. The highest BCUT2D eigenvalue weighted by Crippen LogP contribution is 2.35. The molecule has 2 rings (SSSR count). The maximum atomic E-state index is 11.6. The van der Waals surface area contributed by atoms with Crippen molar-refractivity contribution in [3.05, 3.63) is 28.8 Å². The van der Waals surface area contributed by atoms with Crippen molar-refractivity contribution in [2.45, 2.75) is 0 Å². The normalized spacial score (nSPS) is 14.7. The van der Waals surface area contributed by atoms with Crippen molar-refractivity contribution in [3.8, 4) is 0 Å². The summed E-state index contributed by atoms with van der Waals surface area (Å²) >= 11 is 9.20. The van der Waals surface area contributed by atoms with Gasteiger partial charge < -0.3 is 4.90 Å². The zero-order chi connectivity index (χ0) is 11.0. The number of hydrogen-bond donors (Lipinski definition) is 0. The van der Waals surface area contributed by atoms with Crippen LogP contribution in [0, 0.1) is 0 Å². The van der Waals surface area contributed by atoms with E-state index in [0.717, 1.165) is 0 Å². The Hall–Kier alpha value is -0.870. The Labute approximate surface area is 100 Å². The molecule has 0 bridgehead atoms. The van der Waals surface area contributed by atoms with Crippen molar-refractivity contribution in [1.29, 1.82) is 0 Å². The molecule has 1 aromatic carbocycles. The molecule has 1 aromatic rings. The SMILES string of the molecule is O=C1C(=O)N(CCBr)c2c(Cl)cccc21. The fourth-order valence-electron chi connectivity index (χ4n) is 1.61. The van der Waals surface area contributed by atoms with E-state index in [2.05, 4.69) is 15.9 Å². The van der Waals surface area contributed by atoms with Crippen LogP contribution in [0.15, 0.2) is 18.2 Å². The number of anilines is 1. The van der Waals surface area contributed by atoms with Gasteiger partial charge in [-0.05, 0) is 12.1 Å². The first-order valence-electron chi connectivity index (χ1n) is 4.37. The van der Waals surface area contributed by atoms with Crippen LogP contribution in [0.1, 0.15) is 10.4 Å². The van der Waals surface area contributed by atoms with E-state index in [4.69, 9.17) is 11.6 Å². The highest BCUT2D eigenvalue weighted by atomic mass is 79.9. The number of benzene rings is 1. The van der Waals surface area contributed by atoms with Crippen LogP contribution in [0.2, 0.25) is 5.02 Å². The lowest BCUT2D eigenvalue weighted by Crippen LogP contribution is -2.31. The third-order valence-electron chi connectivity index (χ3n) is 2.25. The minimum atomic E-state index is -0.502. The molecule has 78 valence electrons. The number of carbonyl (C=O) groups is 2. The monoisotopic (exact) mass is 287 g/mol. The van der Waals surface area contributed by atoms with Gasteiger partial charge >= 0.3 is 0 Å².